The molecule has 4 rings (SSSR count). The van der Waals surface area contributed by atoms with Crippen LogP contribution in [0.1, 0.15) is 16.8 Å². The van der Waals surface area contributed by atoms with Crippen LogP contribution >= 0.6 is 0 Å². The molecule has 1 aliphatic heterocycles. The molecule has 14 heteroatoms. The highest BCUT2D eigenvalue weighted by Gasteiger charge is 2.37. The zero-order valence-corrected chi connectivity index (χ0v) is 19.4. The Bertz CT molecular complexity index is 1220. The van der Waals surface area contributed by atoms with Crippen LogP contribution in [0.25, 0.3) is 0 Å². The Labute approximate surface area is 207 Å². The molecule has 0 spiro atoms. The van der Waals surface area contributed by atoms with Gasteiger partial charge in [0.05, 0.1) is 11.1 Å². The molecule has 3 heterocycles. The number of nitrogens with one attached hydrogen (secondary N) is 2. The van der Waals surface area contributed by atoms with E-state index in [1.165, 1.54) is 4.90 Å². The molecule has 0 atom stereocenters. The monoisotopic (exact) mass is 525 g/mol. The van der Waals surface area contributed by atoms with Crippen LogP contribution in [0, 0.1) is 6.92 Å². The van der Waals surface area contributed by atoms with Crippen LogP contribution in [0.5, 0.6) is 0 Å². The molecule has 2 amide bonds. The van der Waals surface area contributed by atoms with Crippen LogP contribution in [0.2, 0.25) is 0 Å². The van der Waals surface area contributed by atoms with Gasteiger partial charge in [0.2, 0.25) is 0 Å². The highest BCUT2D eigenvalue weighted by molar-refractivity contribution is 5.89. The number of rotatable bonds is 4. The lowest BCUT2D eigenvalue weighted by molar-refractivity contribution is -0.143. The number of nitrogens with zero attached hydrogens (tertiary/aromatic N) is 5. The highest BCUT2D eigenvalue weighted by Crippen LogP contribution is 2.37. The molecule has 0 saturated carbocycles. The number of alkyl halides is 6. The third-order valence-electron chi connectivity index (χ3n) is 5.52. The summed E-state index contributed by atoms with van der Waals surface area (Å²) in [5, 5.41) is 13.5. The first kappa shape index (κ1) is 26.0. The first-order valence-corrected chi connectivity index (χ1v) is 11.0. The minimum atomic E-state index is -5.00. The van der Waals surface area contributed by atoms with Crippen molar-refractivity contribution in [2.45, 2.75) is 19.3 Å². The summed E-state index contributed by atoms with van der Waals surface area (Å²) < 4.78 is 78.4. The quantitative estimate of drug-likeness (QED) is 0.449. The molecule has 0 unspecified atom stereocenters. The zero-order chi connectivity index (χ0) is 26.8. The third kappa shape index (κ3) is 6.57. The van der Waals surface area contributed by atoms with Gasteiger partial charge in [0, 0.05) is 37.6 Å². The van der Waals surface area contributed by atoms with Crippen molar-refractivity contribution in [1.29, 1.82) is 0 Å². The largest absolute Gasteiger partial charge is 0.416 e. The Morgan fingerprint density at radius 2 is 1.49 bits per heavy atom. The summed E-state index contributed by atoms with van der Waals surface area (Å²) in [7, 11) is 0. The predicted octanol–water partition coefficient (Wildman–Crippen LogP) is 5.32. The third-order valence-corrected chi connectivity index (χ3v) is 5.52. The summed E-state index contributed by atoms with van der Waals surface area (Å²) in [6, 6.07) is 9.11. The Balaban J connectivity index is 1.36. The number of aromatic nitrogens is 3. The lowest BCUT2D eigenvalue weighted by atomic mass is 10.1. The number of aryl methyl sites for hydroxylation is 1. The first-order valence-electron chi connectivity index (χ1n) is 11.0. The number of hydrogen-bond donors (Lipinski definition) is 2. The molecule has 2 N–H and O–H groups in total. The van der Waals surface area contributed by atoms with Crippen molar-refractivity contribution < 1.29 is 31.1 Å². The van der Waals surface area contributed by atoms with Gasteiger partial charge in [0.25, 0.3) is 0 Å². The Morgan fingerprint density at radius 3 is 2.03 bits per heavy atom. The summed E-state index contributed by atoms with van der Waals surface area (Å²) in [5.41, 5.74) is -2.76. The van der Waals surface area contributed by atoms with Gasteiger partial charge in [-0.3, -0.25) is 0 Å². The molecule has 8 nitrogen and oxygen atoms in total. The number of amides is 2. The second kappa shape index (κ2) is 10.1. The molecular formula is C23H21F6N7O. The van der Waals surface area contributed by atoms with Gasteiger partial charge in [-0.1, -0.05) is 6.07 Å². The van der Waals surface area contributed by atoms with Crippen molar-refractivity contribution in [3.63, 3.8) is 0 Å². The molecule has 37 heavy (non-hydrogen) atoms. The van der Waals surface area contributed by atoms with Crippen LogP contribution in [0.15, 0.2) is 48.5 Å². The van der Waals surface area contributed by atoms with Crippen molar-refractivity contribution in [2.75, 3.05) is 41.7 Å². The van der Waals surface area contributed by atoms with Crippen LogP contribution in [0.4, 0.5) is 54.3 Å². The van der Waals surface area contributed by atoms with Gasteiger partial charge in [-0.05, 0) is 49.4 Å². The number of benzene rings is 1. The van der Waals surface area contributed by atoms with Crippen LogP contribution in [0.3, 0.4) is 0 Å². The van der Waals surface area contributed by atoms with Crippen molar-refractivity contribution >= 4 is 29.2 Å². The second-order valence-electron chi connectivity index (χ2n) is 8.26. The number of carbonyl (C=O) groups is 1. The van der Waals surface area contributed by atoms with Gasteiger partial charge in [0.15, 0.2) is 11.6 Å². The summed E-state index contributed by atoms with van der Waals surface area (Å²) >= 11 is 0. The fourth-order valence-corrected chi connectivity index (χ4v) is 3.67. The average molecular weight is 525 g/mol. The maximum absolute atomic E-state index is 13.1. The molecule has 1 aromatic carbocycles. The van der Waals surface area contributed by atoms with E-state index in [1.54, 1.807) is 18.2 Å². The zero-order valence-electron chi connectivity index (χ0n) is 19.4. The fourth-order valence-electron chi connectivity index (χ4n) is 3.67. The van der Waals surface area contributed by atoms with E-state index >= 15 is 0 Å². The second-order valence-corrected chi connectivity index (χ2v) is 8.26. The number of halogens is 6. The van der Waals surface area contributed by atoms with E-state index in [1.807, 2.05) is 24.0 Å². The van der Waals surface area contributed by atoms with Gasteiger partial charge in [-0.25, -0.2) is 9.78 Å². The fraction of sp³-hybridized carbons (Fsp3) is 0.304. The van der Waals surface area contributed by atoms with E-state index in [4.69, 9.17) is 0 Å². The molecule has 0 radical (unpaired) electrons. The molecule has 1 saturated heterocycles. The number of carbonyl (C=O) groups excluding carboxylic acids is 1. The molecule has 0 bridgehead atoms. The number of urea groups is 1. The Hall–Kier alpha value is -4.10. The first-order chi connectivity index (χ1) is 17.4. The van der Waals surface area contributed by atoms with E-state index < -0.39 is 35.2 Å². The minimum Gasteiger partial charge on any atom is -0.352 e. The predicted molar refractivity (Wildman–Crippen MR) is 124 cm³/mol. The topological polar surface area (TPSA) is 86.3 Å². The number of anilines is 4. The molecule has 3 aromatic rings. The number of hydrogen-bond acceptors (Lipinski definition) is 6. The van der Waals surface area contributed by atoms with E-state index in [2.05, 4.69) is 25.8 Å². The molecule has 0 aliphatic carbocycles. The van der Waals surface area contributed by atoms with E-state index in [9.17, 15) is 31.1 Å². The maximum atomic E-state index is 13.1. The molecular weight excluding hydrogens is 504 g/mol. The van der Waals surface area contributed by atoms with Crippen molar-refractivity contribution in [3.8, 4) is 0 Å². The summed E-state index contributed by atoms with van der Waals surface area (Å²) in [5.74, 6) is 1.65. The summed E-state index contributed by atoms with van der Waals surface area (Å²) in [6.07, 6.45) is -10.0. The van der Waals surface area contributed by atoms with E-state index in [-0.39, 0.29) is 19.2 Å². The molecule has 1 fully saturated rings. The van der Waals surface area contributed by atoms with Crippen LogP contribution < -0.4 is 15.5 Å². The minimum absolute atomic E-state index is 0.00760. The van der Waals surface area contributed by atoms with Crippen LogP contribution in [-0.4, -0.2) is 52.3 Å². The van der Waals surface area contributed by atoms with Gasteiger partial charge in [-0.15, -0.1) is 10.2 Å². The summed E-state index contributed by atoms with van der Waals surface area (Å²) in [6.45, 7) is 2.88. The summed E-state index contributed by atoms with van der Waals surface area (Å²) in [4.78, 5) is 20.1. The lowest BCUT2D eigenvalue weighted by Gasteiger charge is -2.35. The van der Waals surface area contributed by atoms with Gasteiger partial charge >= 0.3 is 18.4 Å². The molecule has 1 aliphatic rings. The van der Waals surface area contributed by atoms with Gasteiger partial charge < -0.3 is 20.4 Å². The standard InChI is InChI=1S/C23H21F6N7O/c1-14-3-2-4-18(30-14)32-19-5-6-20(34-33-19)35-7-9-36(10-8-35)21(37)31-17-12-15(22(24,25)26)11-16(13-17)23(27,28)29/h2-6,11-13H,7-10H2,1H3,(H,31,37)(H,30,32,33). The number of piperazine rings is 1. The van der Waals surface area contributed by atoms with Crippen molar-refractivity contribution in [2.24, 2.45) is 0 Å². The smallest absolute Gasteiger partial charge is 0.352 e. The van der Waals surface area contributed by atoms with E-state index in [0.29, 0.717) is 42.7 Å². The average Bonchev–Trinajstić information content (AvgIpc) is 2.83. The SMILES string of the molecule is Cc1cccc(Nc2ccc(N3CCN(C(=O)Nc4cc(C(F)(F)F)cc(C(F)(F)F)c4)CC3)nn2)n1. The van der Waals surface area contributed by atoms with E-state index in [0.717, 1.165) is 5.69 Å². The Kier molecular flexibility index (Phi) is 7.09. The van der Waals surface area contributed by atoms with Crippen molar-refractivity contribution in [1.82, 2.24) is 20.1 Å². The van der Waals surface area contributed by atoms with Crippen molar-refractivity contribution in [3.05, 3.63) is 65.4 Å². The normalized spacial score (nSPS) is 14.5. The van der Waals surface area contributed by atoms with Gasteiger partial charge in [-0.2, -0.15) is 26.3 Å². The molecule has 196 valence electrons. The number of pyridine rings is 1. The lowest BCUT2D eigenvalue weighted by Crippen LogP contribution is -2.50. The Morgan fingerprint density at radius 1 is 0.838 bits per heavy atom. The maximum Gasteiger partial charge on any atom is 0.416 e. The van der Waals surface area contributed by atoms with Gasteiger partial charge in [0.1, 0.15) is 5.82 Å². The highest BCUT2D eigenvalue weighted by atomic mass is 19.4. The molecule has 2 aromatic heterocycles. The van der Waals surface area contributed by atoms with Crippen LogP contribution in [-0.2, 0) is 12.4 Å².